The molecule has 0 aromatic heterocycles. The number of hydrogen-bond donors (Lipinski definition) is 0. The third-order valence-electron chi connectivity index (χ3n) is 5.07. The average molecular weight is 631 g/mol. The Morgan fingerprint density at radius 1 is 0.700 bits per heavy atom. The van der Waals surface area contributed by atoms with E-state index < -0.39 is 96.9 Å². The lowest BCUT2D eigenvalue weighted by molar-refractivity contribution is -0.462. The maximum atomic E-state index is 14.2. The van der Waals surface area contributed by atoms with E-state index in [-0.39, 0.29) is 6.42 Å². The van der Waals surface area contributed by atoms with Gasteiger partial charge in [-0.2, -0.15) is 74.6 Å². The van der Waals surface area contributed by atoms with Crippen molar-refractivity contribution in [3.05, 3.63) is 12.2 Å². The van der Waals surface area contributed by atoms with E-state index in [0.29, 0.717) is 0 Å². The van der Waals surface area contributed by atoms with Gasteiger partial charge in [-0.1, -0.05) is 26.3 Å². The first-order valence-electron chi connectivity index (χ1n) is 10.2. The Bertz CT molecular complexity index is 939. The third kappa shape index (κ3) is 6.36. The summed E-state index contributed by atoms with van der Waals surface area (Å²) < 4.78 is 232. The van der Waals surface area contributed by atoms with E-state index in [1.54, 1.807) is 0 Å². The number of aliphatic carboxylic acids is 1. The summed E-state index contributed by atoms with van der Waals surface area (Å²) in [6.07, 6.45) is -16.4. The lowest BCUT2D eigenvalue weighted by Crippen LogP contribution is -2.74. The summed E-state index contributed by atoms with van der Waals surface area (Å²) in [5.74, 6) is -61.5. The third-order valence-corrected chi connectivity index (χ3v) is 5.07. The lowest BCUT2D eigenvalue weighted by Gasteiger charge is -2.43. The number of alkyl halides is 17. The number of rotatable bonds is 15. The first kappa shape index (κ1) is 37.5. The second kappa shape index (κ2) is 11.4. The van der Waals surface area contributed by atoms with Gasteiger partial charge in [-0.25, -0.2) is 4.79 Å². The quantitative estimate of drug-likeness (QED) is 0.123. The standard InChI is InChI=1S/C19H17F17O4/c1-3-4-5-9(40-11(39)8(2)6-10(37)38)7-12(20,21)13(22,23)14(24,25)15(26,27)16(28,29)17(30,31)18(32,33)19(34,35)36/h9H,2-7H2,1H3,(H,37,38)/p-1. The van der Waals surface area contributed by atoms with Gasteiger partial charge < -0.3 is 14.6 Å². The molecule has 0 rings (SSSR count). The van der Waals surface area contributed by atoms with Crippen LogP contribution in [0.4, 0.5) is 74.6 Å². The van der Waals surface area contributed by atoms with Gasteiger partial charge in [-0.3, -0.25) is 0 Å². The van der Waals surface area contributed by atoms with Crippen LogP contribution in [-0.2, 0) is 14.3 Å². The van der Waals surface area contributed by atoms with Crippen LogP contribution in [0.3, 0.4) is 0 Å². The van der Waals surface area contributed by atoms with Crippen LogP contribution in [0, 0.1) is 0 Å². The average Bonchev–Trinajstić information content (AvgIpc) is 2.74. The molecule has 40 heavy (non-hydrogen) atoms. The number of unbranched alkanes of at least 4 members (excludes halogenated alkanes) is 1. The van der Waals surface area contributed by atoms with E-state index in [1.165, 1.54) is 6.92 Å². The molecular weight excluding hydrogens is 615 g/mol. The molecule has 1 atom stereocenters. The minimum atomic E-state index is -8.75. The Balaban J connectivity index is 6.59. The maximum absolute atomic E-state index is 14.2. The molecule has 0 aromatic carbocycles. The molecule has 0 aromatic rings. The summed E-state index contributed by atoms with van der Waals surface area (Å²) in [5.41, 5.74) is -1.11. The maximum Gasteiger partial charge on any atom is 0.460 e. The summed E-state index contributed by atoms with van der Waals surface area (Å²) in [7, 11) is 0. The molecule has 0 fully saturated rings. The van der Waals surface area contributed by atoms with E-state index >= 15 is 0 Å². The van der Waals surface area contributed by atoms with Crippen molar-refractivity contribution in [1.82, 2.24) is 0 Å². The Kier molecular flexibility index (Phi) is 10.7. The molecule has 0 amide bonds. The molecule has 4 nitrogen and oxygen atoms in total. The van der Waals surface area contributed by atoms with Crippen LogP contribution < -0.4 is 5.11 Å². The SMILES string of the molecule is C=C(CC(=O)[O-])C(=O)OC(CCCC)CC(F)(F)C(F)(F)C(F)(F)C(F)(F)C(F)(F)C(F)(F)C(F)(F)C(F)(F)F. The van der Waals surface area contributed by atoms with E-state index in [2.05, 4.69) is 11.3 Å². The summed E-state index contributed by atoms with van der Waals surface area (Å²) in [5, 5.41) is 10.4. The predicted octanol–water partition coefficient (Wildman–Crippen LogP) is 6.18. The predicted molar refractivity (Wildman–Crippen MR) is 93.5 cm³/mol. The molecule has 0 spiro atoms. The summed E-state index contributed by atoms with van der Waals surface area (Å²) >= 11 is 0. The van der Waals surface area contributed by atoms with Gasteiger partial charge in [0.05, 0.1) is 6.42 Å². The van der Waals surface area contributed by atoms with Gasteiger partial charge in [0, 0.05) is 18.0 Å². The van der Waals surface area contributed by atoms with Gasteiger partial charge in [0.25, 0.3) is 0 Å². The molecule has 21 heteroatoms. The topological polar surface area (TPSA) is 66.4 Å². The second-order valence-corrected chi connectivity index (χ2v) is 8.17. The summed E-state index contributed by atoms with van der Waals surface area (Å²) in [4.78, 5) is 22.1. The van der Waals surface area contributed by atoms with Crippen molar-refractivity contribution in [3.8, 4) is 0 Å². The minimum Gasteiger partial charge on any atom is -0.550 e. The van der Waals surface area contributed by atoms with Crippen LogP contribution >= 0.6 is 0 Å². The smallest absolute Gasteiger partial charge is 0.460 e. The zero-order valence-corrected chi connectivity index (χ0v) is 19.4. The summed E-state index contributed by atoms with van der Waals surface area (Å²) in [6.45, 7) is 4.06. The highest BCUT2D eigenvalue weighted by Gasteiger charge is 2.95. The number of carboxylic acids is 1. The first-order valence-corrected chi connectivity index (χ1v) is 10.2. The zero-order chi connectivity index (χ0) is 32.6. The minimum absolute atomic E-state index is 0.0566. The second-order valence-electron chi connectivity index (χ2n) is 8.17. The first-order chi connectivity index (χ1) is 17.4. The Labute approximate surface area is 212 Å². The van der Waals surface area contributed by atoms with Gasteiger partial charge in [0.15, 0.2) is 0 Å². The number of esters is 1. The molecule has 0 heterocycles. The fraction of sp³-hybridized carbons (Fsp3) is 0.789. The largest absolute Gasteiger partial charge is 0.550 e. The molecule has 1 unspecified atom stereocenters. The van der Waals surface area contributed by atoms with Crippen molar-refractivity contribution >= 4 is 11.9 Å². The normalized spacial score (nSPS) is 15.6. The molecule has 0 N–H and O–H groups in total. The van der Waals surface area contributed by atoms with Crippen molar-refractivity contribution < 1.29 is 94.1 Å². The Morgan fingerprint density at radius 2 is 1.07 bits per heavy atom. The Morgan fingerprint density at radius 3 is 1.43 bits per heavy atom. The van der Waals surface area contributed by atoms with Gasteiger partial charge in [0.1, 0.15) is 6.10 Å². The van der Waals surface area contributed by atoms with Crippen LogP contribution in [-0.4, -0.2) is 65.7 Å². The van der Waals surface area contributed by atoms with Crippen molar-refractivity contribution in [3.63, 3.8) is 0 Å². The molecule has 236 valence electrons. The van der Waals surface area contributed by atoms with Crippen molar-refractivity contribution in [2.75, 3.05) is 0 Å². The van der Waals surface area contributed by atoms with Gasteiger partial charge in [-0.15, -0.1) is 0 Å². The number of carbonyl (C=O) groups is 2. The molecule has 0 radical (unpaired) electrons. The molecule has 0 aliphatic rings. The van der Waals surface area contributed by atoms with Crippen LogP contribution in [0.1, 0.15) is 39.0 Å². The molecule has 0 bridgehead atoms. The molecular formula is C19H16F17O4-. The van der Waals surface area contributed by atoms with Crippen LogP contribution in [0.5, 0.6) is 0 Å². The van der Waals surface area contributed by atoms with Crippen molar-refractivity contribution in [2.45, 2.75) is 92.8 Å². The monoisotopic (exact) mass is 631 g/mol. The van der Waals surface area contributed by atoms with Crippen LogP contribution in [0.2, 0.25) is 0 Å². The van der Waals surface area contributed by atoms with E-state index in [0.717, 1.165) is 0 Å². The number of halogens is 17. The van der Waals surface area contributed by atoms with Gasteiger partial charge >= 0.3 is 53.6 Å². The fourth-order valence-electron chi connectivity index (χ4n) is 2.73. The molecule has 0 saturated carbocycles. The van der Waals surface area contributed by atoms with Crippen LogP contribution in [0.15, 0.2) is 12.2 Å². The highest BCUT2D eigenvalue weighted by Crippen LogP contribution is 2.64. The van der Waals surface area contributed by atoms with E-state index in [1.807, 2.05) is 0 Å². The van der Waals surface area contributed by atoms with Gasteiger partial charge in [0.2, 0.25) is 0 Å². The number of carboxylic acid groups (broad SMARTS) is 1. The Hall–Kier alpha value is -2.51. The van der Waals surface area contributed by atoms with Gasteiger partial charge in [-0.05, 0) is 6.42 Å². The molecule has 0 aliphatic carbocycles. The highest BCUT2D eigenvalue weighted by atomic mass is 19.4. The van der Waals surface area contributed by atoms with Crippen molar-refractivity contribution in [1.29, 1.82) is 0 Å². The molecule has 0 aliphatic heterocycles. The van der Waals surface area contributed by atoms with Crippen molar-refractivity contribution in [2.24, 2.45) is 0 Å². The van der Waals surface area contributed by atoms with E-state index in [9.17, 15) is 89.3 Å². The lowest BCUT2D eigenvalue weighted by atomic mass is 9.87. The zero-order valence-electron chi connectivity index (χ0n) is 19.4. The molecule has 0 saturated heterocycles. The number of carbonyl (C=O) groups excluding carboxylic acids is 2. The number of hydrogen-bond acceptors (Lipinski definition) is 4. The van der Waals surface area contributed by atoms with Crippen LogP contribution in [0.25, 0.3) is 0 Å². The highest BCUT2D eigenvalue weighted by molar-refractivity contribution is 5.92. The van der Waals surface area contributed by atoms with E-state index in [4.69, 9.17) is 0 Å². The number of ether oxygens (including phenoxy) is 1. The summed E-state index contributed by atoms with van der Waals surface area (Å²) in [6, 6.07) is 0. The fourth-order valence-corrected chi connectivity index (χ4v) is 2.73.